The van der Waals surface area contributed by atoms with Crippen LogP contribution in [0.4, 0.5) is 0 Å². The van der Waals surface area contributed by atoms with Gasteiger partial charge in [0.2, 0.25) is 0 Å². The Morgan fingerprint density at radius 2 is 0.914 bits per heavy atom. The van der Waals surface area contributed by atoms with E-state index in [1.807, 2.05) is 27.7 Å². The van der Waals surface area contributed by atoms with Gasteiger partial charge in [0.15, 0.2) is 0 Å². The van der Waals surface area contributed by atoms with E-state index in [1.165, 1.54) is 25.7 Å². The smallest absolute Gasteiger partial charge is 0.138 e. The van der Waals surface area contributed by atoms with Gasteiger partial charge < -0.3 is 19.8 Å². The second-order valence-electron chi connectivity index (χ2n) is 8.92. The van der Waals surface area contributed by atoms with Crippen molar-refractivity contribution in [3.63, 3.8) is 0 Å². The van der Waals surface area contributed by atoms with Crippen molar-refractivity contribution in [2.75, 3.05) is 0 Å². The predicted octanol–water partition coefficient (Wildman–Crippen LogP) is 3.86. The molecule has 0 saturated heterocycles. The van der Waals surface area contributed by atoms with Gasteiger partial charge in [0.05, 0.1) is 0 Å². The van der Waals surface area contributed by atoms with Crippen molar-refractivity contribution in [3.05, 3.63) is 0 Å². The number of carboxylic acid groups (broad SMARTS) is 2. The molecule has 0 saturated carbocycles. The van der Waals surface area contributed by atoms with Crippen LogP contribution in [-0.2, 0) is 48.9 Å². The third-order valence-corrected chi connectivity index (χ3v) is 7.16. The van der Waals surface area contributed by atoms with Gasteiger partial charge in [-0.25, -0.2) is 0 Å². The van der Waals surface area contributed by atoms with Crippen LogP contribution in [0.2, 0.25) is 0 Å². The van der Waals surface area contributed by atoms with Gasteiger partial charge in [0.25, 0.3) is 0 Å². The first-order valence-corrected chi connectivity index (χ1v) is 15.0. The second kappa shape index (κ2) is 29.3. The Labute approximate surface area is 225 Å². The minimum absolute atomic E-state index is 0.212. The Morgan fingerprint density at radius 3 is 1.17 bits per heavy atom. The maximum atomic E-state index is 10.9. The van der Waals surface area contributed by atoms with Crippen molar-refractivity contribution in [1.82, 2.24) is 0 Å². The minimum Gasteiger partial charge on any atom is -0.550 e. The zero-order valence-electron chi connectivity index (χ0n) is 22.8. The first kappa shape index (κ1) is 38.6. The molecule has 0 unspecified atom stereocenters. The number of rotatable bonds is 20. The summed E-state index contributed by atoms with van der Waals surface area (Å²) in [6, 6.07) is 0. The van der Waals surface area contributed by atoms with Crippen LogP contribution in [0.1, 0.15) is 131 Å². The van der Waals surface area contributed by atoms with Gasteiger partial charge in [0, 0.05) is 37.6 Å². The number of unbranched alkanes of at least 4 members (excludes halogenated alkanes) is 8. The van der Waals surface area contributed by atoms with Crippen molar-refractivity contribution in [3.8, 4) is 0 Å². The fraction of sp³-hybridized carbons (Fsp3) is 0.846. The van der Waals surface area contributed by atoms with Gasteiger partial charge in [-0.1, -0.05) is 65.2 Å². The van der Waals surface area contributed by atoms with Crippen molar-refractivity contribution in [2.45, 2.75) is 144 Å². The maximum Gasteiger partial charge on any atom is 0.138 e. The Balaban J connectivity index is -0.000000448. The van der Waals surface area contributed by atoms with Crippen LogP contribution < -0.4 is 10.2 Å². The average molecular weight is 580 g/mol. The summed E-state index contributed by atoms with van der Waals surface area (Å²) in [5.74, 6) is -2.95. The molecule has 0 spiro atoms. The van der Waals surface area contributed by atoms with Crippen LogP contribution in [0, 0.1) is 0 Å². The normalized spacial score (nSPS) is 10.1. The van der Waals surface area contributed by atoms with Gasteiger partial charge in [-0.3, -0.25) is 9.59 Å². The van der Waals surface area contributed by atoms with Crippen LogP contribution in [0.5, 0.6) is 0 Å². The van der Waals surface area contributed by atoms with Crippen LogP contribution in [-0.4, -0.2) is 35.7 Å². The largest absolute Gasteiger partial charge is 0.550 e. The maximum absolute atomic E-state index is 10.9. The van der Waals surface area contributed by atoms with Crippen LogP contribution in [0.3, 0.4) is 0 Å². The van der Waals surface area contributed by atoms with Crippen LogP contribution in [0.25, 0.3) is 0 Å². The summed E-state index contributed by atoms with van der Waals surface area (Å²) in [5.41, 5.74) is 0. The van der Waals surface area contributed by atoms with Crippen molar-refractivity contribution in [2.24, 2.45) is 0 Å². The Bertz CT molecular complexity index is 489. The molecule has 204 valence electrons. The molecule has 0 aliphatic carbocycles. The van der Waals surface area contributed by atoms with E-state index in [1.54, 1.807) is 0 Å². The molecule has 0 aromatic rings. The molecule has 0 aliphatic heterocycles. The fourth-order valence-electron chi connectivity index (χ4n) is 2.57. The molecule has 0 heterocycles. The molecule has 8 nitrogen and oxygen atoms in total. The number of carbonyl (C=O) groups excluding carboxylic acids is 4. The monoisotopic (exact) mass is 578 g/mol. The molecule has 0 radical (unpaired) electrons. The number of ketones is 2. The third kappa shape index (κ3) is 43.6. The fourth-order valence-corrected chi connectivity index (χ4v) is 3.65. The first-order valence-electron chi connectivity index (χ1n) is 12.9. The van der Waals surface area contributed by atoms with Crippen molar-refractivity contribution in [1.29, 1.82) is 0 Å². The number of carboxylic acids is 2. The second-order valence-corrected chi connectivity index (χ2v) is 10.5. The van der Waals surface area contributed by atoms with E-state index in [4.69, 9.17) is 5.63 Å². The van der Waals surface area contributed by atoms with E-state index in [0.717, 1.165) is 38.5 Å². The van der Waals surface area contributed by atoms with E-state index in [9.17, 15) is 29.4 Å². The molecule has 0 aliphatic rings. The van der Waals surface area contributed by atoms with Gasteiger partial charge in [0.1, 0.15) is 11.6 Å². The summed E-state index contributed by atoms with van der Waals surface area (Å²) in [5, 5.41) is 20.0. The van der Waals surface area contributed by atoms with E-state index in [-0.39, 0.29) is 11.6 Å². The summed E-state index contributed by atoms with van der Waals surface area (Å²) in [4.78, 5) is 41.8. The third-order valence-electron chi connectivity index (χ3n) is 4.37. The number of carbonyl (C=O) groups is 4. The van der Waals surface area contributed by atoms with Crippen LogP contribution in [0.15, 0.2) is 0 Å². The topological polar surface area (TPSA) is 133 Å². The zero-order chi connectivity index (χ0) is 27.5. The van der Waals surface area contributed by atoms with Crippen LogP contribution >= 0.6 is 0 Å². The molecule has 0 aromatic carbocycles. The minimum atomic E-state index is -1.27. The molecule has 0 N–H and O–H groups in total. The van der Waals surface area contributed by atoms with Gasteiger partial charge in [-0.15, -0.1) is 0 Å². The quantitative estimate of drug-likeness (QED) is 0.157. The predicted molar refractivity (Wildman–Crippen MR) is 128 cm³/mol. The summed E-state index contributed by atoms with van der Waals surface area (Å²) < 4.78 is 10.6. The summed E-state index contributed by atoms with van der Waals surface area (Å²) in [6.07, 6.45) is 11.3. The Kier molecular flexibility index (Phi) is 32.3. The van der Waals surface area contributed by atoms with E-state index < -0.39 is 48.9 Å². The van der Waals surface area contributed by atoms with Gasteiger partial charge in [-0.2, -0.15) is 0 Å². The number of Topliss-reactive ketones (excluding diaryl/α,β-unsaturated/α-hetero) is 2. The first-order chi connectivity index (χ1) is 16.5. The zero-order valence-corrected chi connectivity index (χ0v) is 25.3. The number of hydrogen-bond acceptors (Lipinski definition) is 8. The standard InChI is InChI=1S/2C10H18O3.2C3H7O.Zr/c2*1-2-3-4-5-6-7-9(11)8-10(12)13;2*1-3(2)4;/h2*2-8H2,1H3,(H,12,13);2*3H,1-2H3;/q;;2*-1;+4/p-2. The average Bonchev–Trinajstić information content (AvgIpc) is 2.73. The molecule has 35 heavy (non-hydrogen) atoms. The number of hydrogen-bond donors (Lipinski definition) is 0. The molecule has 0 fully saturated rings. The van der Waals surface area contributed by atoms with Gasteiger partial charge in [-0.05, 0) is 12.8 Å². The molecular weight excluding hydrogens is 532 g/mol. The Morgan fingerprint density at radius 1 is 0.600 bits per heavy atom. The molecule has 0 amide bonds. The number of aliphatic carboxylic acids is 2. The van der Waals surface area contributed by atoms with E-state index in [2.05, 4.69) is 13.8 Å². The van der Waals surface area contributed by atoms with E-state index >= 15 is 0 Å². The summed E-state index contributed by atoms with van der Waals surface area (Å²) in [7, 11) is 0. The van der Waals surface area contributed by atoms with Gasteiger partial charge >= 0.3 is 69.6 Å². The molecule has 0 atom stereocenters. The van der Waals surface area contributed by atoms with E-state index in [0.29, 0.717) is 25.0 Å². The molecule has 0 aromatic heterocycles. The molecule has 9 heteroatoms. The molecular formula is C26H48O8Zr. The SMILES string of the molecule is CC(C)[O][Zr+2][O]C(C)C.CCCCCCCC(=O)CC(=O)[O-].CCCCCCCC(=O)CC(=O)[O-]. The molecule has 0 bridgehead atoms. The summed E-state index contributed by atoms with van der Waals surface area (Å²) >= 11 is -0.929. The van der Waals surface area contributed by atoms with Crippen molar-refractivity contribution < 1.29 is 59.1 Å². The van der Waals surface area contributed by atoms with Crippen molar-refractivity contribution >= 4 is 23.5 Å². The Hall–Kier alpha value is -0.917. The molecule has 0 rings (SSSR count). The summed E-state index contributed by atoms with van der Waals surface area (Å²) in [6.45, 7) is 12.4.